The number of aromatic hydroxyl groups is 1. The number of para-hydroxylation sites is 1. The summed E-state index contributed by atoms with van der Waals surface area (Å²) in [5.41, 5.74) is 4.34. The predicted molar refractivity (Wildman–Crippen MR) is 118 cm³/mol. The van der Waals surface area contributed by atoms with Gasteiger partial charge < -0.3 is 19.3 Å². The van der Waals surface area contributed by atoms with E-state index >= 15 is 0 Å². The zero-order valence-corrected chi connectivity index (χ0v) is 16.6. The molecule has 0 heterocycles. The summed E-state index contributed by atoms with van der Waals surface area (Å²) in [6.07, 6.45) is 1.58. The molecule has 0 amide bonds. The van der Waals surface area contributed by atoms with Crippen LogP contribution in [0.15, 0.2) is 77.9 Å². The molecule has 3 rings (SSSR count). The third-order valence-corrected chi connectivity index (χ3v) is 4.19. The lowest BCUT2D eigenvalue weighted by atomic mass is 10.2. The molecule has 0 unspecified atom stereocenters. The third-order valence-electron chi connectivity index (χ3n) is 3.66. The highest BCUT2D eigenvalue weighted by Crippen LogP contribution is 2.30. The summed E-state index contributed by atoms with van der Waals surface area (Å²) in [5, 5.41) is 17.0. The number of ether oxygens (including phenoxy) is 2. The maximum Gasteiger partial charge on any atom is 0.169 e. The van der Waals surface area contributed by atoms with Crippen molar-refractivity contribution in [2.75, 3.05) is 11.3 Å². The van der Waals surface area contributed by atoms with Crippen LogP contribution >= 0.6 is 11.4 Å². The van der Waals surface area contributed by atoms with E-state index in [2.05, 4.69) is 20.6 Å². The molecule has 0 aliphatic heterocycles. The molecule has 0 radical (unpaired) electrons. The Bertz CT molecular complexity index is 1010. The maximum atomic E-state index is 10.1. The fraction of sp³-hybridized carbons (Fsp3) is 0.0909. The van der Waals surface area contributed by atoms with Crippen LogP contribution in [0.5, 0.6) is 23.0 Å². The maximum absolute atomic E-state index is 10.1. The number of rotatable bonds is 7. The van der Waals surface area contributed by atoms with E-state index in [9.17, 15) is 5.11 Å². The number of anilines is 1. The zero-order chi connectivity index (χ0) is 20.3. The largest absolute Gasteiger partial charge is 0.504 e. The lowest BCUT2D eigenvalue weighted by molar-refractivity contribution is 0.340. The van der Waals surface area contributed by atoms with Gasteiger partial charge in [-0.3, -0.25) is 0 Å². The van der Waals surface area contributed by atoms with Crippen LogP contribution in [0, 0.1) is 5.31 Å². The molecule has 3 aromatic carbocycles. The van der Waals surface area contributed by atoms with Gasteiger partial charge in [-0.1, -0.05) is 18.2 Å². The topological polar surface area (TPSA) is 75.1 Å². The summed E-state index contributed by atoms with van der Waals surface area (Å²) >= 11 is 1.23. The molecule has 0 saturated heterocycles. The molecule has 0 bridgehead atoms. The lowest BCUT2D eigenvalue weighted by Gasteiger charge is -2.07. The number of phenolic OH excluding ortho intramolecular Hbond substituents is 1. The molecule has 3 aromatic rings. The minimum absolute atomic E-state index is 0.0392. The second-order valence-electron chi connectivity index (χ2n) is 5.78. The lowest BCUT2D eigenvalue weighted by Crippen LogP contribution is -1.95. The molecular formula is C22H21N3O3S. The minimum Gasteiger partial charge on any atom is -0.504 e. The number of benzene rings is 3. The van der Waals surface area contributed by atoms with Crippen molar-refractivity contribution in [2.24, 2.45) is 5.10 Å². The highest BCUT2D eigenvalue weighted by molar-refractivity contribution is 7.90. The van der Waals surface area contributed by atoms with Gasteiger partial charge in [-0.2, -0.15) is 5.10 Å². The quantitative estimate of drug-likeness (QED) is 0.218. The van der Waals surface area contributed by atoms with Crippen LogP contribution in [-0.2, 0) is 0 Å². The van der Waals surface area contributed by atoms with Crippen LogP contribution in [0.4, 0.5) is 5.69 Å². The summed E-state index contributed by atoms with van der Waals surface area (Å²) in [7, 11) is 0. The minimum atomic E-state index is 0.0392. The Balaban J connectivity index is 1.49. The first-order valence-electron chi connectivity index (χ1n) is 8.98. The Labute approximate surface area is 173 Å². The van der Waals surface area contributed by atoms with Crippen LogP contribution < -0.4 is 19.6 Å². The van der Waals surface area contributed by atoms with E-state index in [0.29, 0.717) is 18.1 Å². The van der Waals surface area contributed by atoms with E-state index in [0.717, 1.165) is 17.0 Å². The van der Waals surface area contributed by atoms with Gasteiger partial charge in [0.1, 0.15) is 11.5 Å². The molecule has 0 atom stereocenters. The van der Waals surface area contributed by atoms with Crippen LogP contribution in [-0.4, -0.2) is 17.9 Å². The van der Waals surface area contributed by atoms with E-state index in [-0.39, 0.29) is 5.75 Å². The van der Waals surface area contributed by atoms with Crippen LogP contribution in [0.3, 0.4) is 0 Å². The highest BCUT2D eigenvalue weighted by Gasteiger charge is 2.04. The van der Waals surface area contributed by atoms with Crippen LogP contribution in [0.2, 0.25) is 0 Å². The summed E-state index contributed by atoms with van der Waals surface area (Å²) in [5.74, 6) is 1.92. The van der Waals surface area contributed by atoms with Gasteiger partial charge in [0.05, 0.1) is 18.1 Å². The normalized spacial score (nSPS) is 10.2. The summed E-state index contributed by atoms with van der Waals surface area (Å²) in [4.78, 5) is 0. The molecular weight excluding hydrogens is 386 g/mol. The van der Waals surface area contributed by atoms with Gasteiger partial charge in [-0.15, -0.1) is 0 Å². The molecule has 7 heteroatoms. The Kier molecular flexibility index (Phi) is 7.34. The fourth-order valence-corrected chi connectivity index (χ4v) is 2.75. The van der Waals surface area contributed by atoms with Crippen molar-refractivity contribution in [2.45, 2.75) is 6.92 Å². The average molecular weight is 407 g/mol. The second-order valence-corrected chi connectivity index (χ2v) is 6.39. The Morgan fingerprint density at radius 3 is 2.55 bits per heavy atom. The zero-order valence-electron chi connectivity index (χ0n) is 15.8. The van der Waals surface area contributed by atoms with Crippen molar-refractivity contribution < 1.29 is 14.6 Å². The molecule has 29 heavy (non-hydrogen) atoms. The third kappa shape index (κ3) is 6.46. The van der Waals surface area contributed by atoms with E-state index in [1.165, 1.54) is 11.4 Å². The number of nitrogens with zero attached hydrogens (tertiary/aromatic N) is 1. The number of hydrogen-bond acceptors (Lipinski definition) is 6. The van der Waals surface area contributed by atoms with E-state index < -0.39 is 0 Å². The number of hydrazone groups is 1. The molecule has 0 aliphatic carbocycles. The molecule has 6 nitrogen and oxygen atoms in total. The standard InChI is InChI=1S/C22H21N3O3S/c1-2-27-19-11-9-18(10-12-19)25-29-16-24-23-15-17-8-13-22(21(26)14-17)28-20-6-4-3-5-7-20/h3-15,24-26H,2H2,1H3/b23-15+. The molecule has 0 fully saturated rings. The van der Waals surface area contributed by atoms with Crippen molar-refractivity contribution >= 4 is 23.3 Å². The van der Waals surface area contributed by atoms with Gasteiger partial charge in [-0.05, 0) is 67.1 Å². The molecule has 0 aliphatic rings. The molecule has 0 saturated carbocycles. The van der Waals surface area contributed by atoms with E-state index in [1.807, 2.05) is 61.5 Å². The Hall–Kier alpha value is -3.67. The van der Waals surface area contributed by atoms with Crippen molar-refractivity contribution in [3.8, 4) is 28.3 Å². The average Bonchev–Trinajstić information content (AvgIpc) is 2.74. The Morgan fingerprint density at radius 1 is 1.03 bits per heavy atom. The molecule has 148 valence electrons. The van der Waals surface area contributed by atoms with Gasteiger partial charge >= 0.3 is 0 Å². The van der Waals surface area contributed by atoms with E-state index in [1.54, 1.807) is 24.4 Å². The van der Waals surface area contributed by atoms with Crippen molar-refractivity contribution in [1.82, 2.24) is 5.43 Å². The number of phenols is 1. The van der Waals surface area contributed by atoms with Gasteiger partial charge in [0.15, 0.2) is 11.5 Å². The van der Waals surface area contributed by atoms with E-state index in [4.69, 9.17) is 9.47 Å². The SMILES string of the molecule is CCOc1ccc(NS#CN/N=C/c2ccc(Oc3ccccc3)c(O)c2)cc1. The van der Waals surface area contributed by atoms with Crippen molar-refractivity contribution in [3.63, 3.8) is 0 Å². The second kappa shape index (κ2) is 10.6. The monoisotopic (exact) mass is 407 g/mol. The molecule has 3 N–H and O–H groups in total. The fourth-order valence-electron chi connectivity index (χ4n) is 2.34. The van der Waals surface area contributed by atoms with Crippen LogP contribution in [0.1, 0.15) is 12.5 Å². The first-order chi connectivity index (χ1) is 14.2. The summed E-state index contributed by atoms with van der Waals surface area (Å²) < 4.78 is 14.2. The smallest absolute Gasteiger partial charge is 0.169 e. The predicted octanol–water partition coefficient (Wildman–Crippen LogP) is 5.18. The Morgan fingerprint density at radius 2 is 1.83 bits per heavy atom. The van der Waals surface area contributed by atoms with Crippen molar-refractivity contribution in [1.29, 1.82) is 0 Å². The van der Waals surface area contributed by atoms with Gasteiger partial charge in [0, 0.05) is 17.0 Å². The van der Waals surface area contributed by atoms with Gasteiger partial charge in [0.2, 0.25) is 0 Å². The summed E-state index contributed by atoms with van der Waals surface area (Å²) in [6.45, 7) is 2.60. The number of hydrogen-bond donors (Lipinski definition) is 3. The van der Waals surface area contributed by atoms with Gasteiger partial charge in [0.25, 0.3) is 0 Å². The van der Waals surface area contributed by atoms with Crippen molar-refractivity contribution in [3.05, 3.63) is 78.4 Å². The summed E-state index contributed by atoms with van der Waals surface area (Å²) in [6, 6.07) is 22.0. The first kappa shape index (κ1) is 20.1. The molecule has 0 spiro atoms. The number of nitrogens with one attached hydrogen (secondary N) is 2. The van der Waals surface area contributed by atoms with Gasteiger partial charge in [-0.25, -0.2) is 5.43 Å². The molecule has 0 aromatic heterocycles. The highest BCUT2D eigenvalue weighted by atomic mass is 32.1. The van der Waals surface area contributed by atoms with Crippen LogP contribution in [0.25, 0.3) is 0 Å². The first-order valence-corrected chi connectivity index (χ1v) is 9.80.